The molecule has 0 saturated heterocycles. The number of hydrogen-bond acceptors (Lipinski definition) is 4. The highest BCUT2D eigenvalue weighted by molar-refractivity contribution is 5.87. The van der Waals surface area contributed by atoms with Crippen molar-refractivity contribution >= 4 is 5.97 Å². The van der Waals surface area contributed by atoms with Gasteiger partial charge in [-0.05, 0) is 25.1 Å². The molecule has 0 saturated carbocycles. The van der Waals surface area contributed by atoms with Crippen molar-refractivity contribution in [1.29, 1.82) is 0 Å². The molecule has 0 aliphatic carbocycles. The minimum Gasteiger partial charge on any atom is -0.461 e. The van der Waals surface area contributed by atoms with Crippen LogP contribution in [0.4, 0.5) is 0 Å². The second-order valence-corrected chi connectivity index (χ2v) is 3.41. The highest BCUT2D eigenvalue weighted by Gasteiger charge is 2.12. The third-order valence-electron chi connectivity index (χ3n) is 2.25. The first-order valence-corrected chi connectivity index (χ1v) is 5.39. The molecule has 17 heavy (non-hydrogen) atoms. The Kier molecular flexibility index (Phi) is 3.49. The summed E-state index contributed by atoms with van der Waals surface area (Å²) < 4.78 is 6.74. The van der Waals surface area contributed by atoms with Crippen molar-refractivity contribution in [3.05, 3.63) is 48.3 Å². The monoisotopic (exact) mass is 231 g/mol. The fourth-order valence-corrected chi connectivity index (χ4v) is 1.51. The number of nitrogens with zero attached hydrogens (tertiary/aromatic N) is 3. The molecule has 5 heteroatoms. The Morgan fingerprint density at radius 1 is 1.35 bits per heavy atom. The van der Waals surface area contributed by atoms with Crippen LogP contribution >= 0.6 is 0 Å². The maximum atomic E-state index is 11.6. The highest BCUT2D eigenvalue weighted by atomic mass is 16.5. The van der Waals surface area contributed by atoms with Gasteiger partial charge in [0.15, 0.2) is 0 Å². The first kappa shape index (κ1) is 11.3. The van der Waals surface area contributed by atoms with Crippen LogP contribution in [-0.2, 0) is 11.3 Å². The molecule has 0 spiro atoms. The topological polar surface area (TPSA) is 57.0 Å². The second kappa shape index (κ2) is 5.25. The molecule has 5 nitrogen and oxygen atoms in total. The van der Waals surface area contributed by atoms with Gasteiger partial charge in [-0.2, -0.15) is 0 Å². The van der Waals surface area contributed by atoms with Crippen LogP contribution in [0.2, 0.25) is 0 Å². The fourth-order valence-electron chi connectivity index (χ4n) is 1.51. The van der Waals surface area contributed by atoms with Crippen molar-refractivity contribution in [1.82, 2.24) is 14.5 Å². The molecule has 0 fully saturated rings. The van der Waals surface area contributed by atoms with Crippen LogP contribution in [0.25, 0.3) is 0 Å². The Morgan fingerprint density at radius 3 is 2.82 bits per heavy atom. The zero-order valence-corrected chi connectivity index (χ0v) is 9.54. The molecule has 2 aromatic rings. The minimum atomic E-state index is -0.326. The van der Waals surface area contributed by atoms with Crippen molar-refractivity contribution in [3.8, 4) is 0 Å². The van der Waals surface area contributed by atoms with E-state index in [4.69, 9.17) is 4.74 Å². The van der Waals surface area contributed by atoms with Gasteiger partial charge in [-0.1, -0.05) is 0 Å². The van der Waals surface area contributed by atoms with Crippen molar-refractivity contribution in [2.75, 3.05) is 6.61 Å². The zero-order valence-electron chi connectivity index (χ0n) is 9.54. The van der Waals surface area contributed by atoms with E-state index in [2.05, 4.69) is 9.97 Å². The van der Waals surface area contributed by atoms with Crippen LogP contribution in [0.3, 0.4) is 0 Å². The van der Waals surface area contributed by atoms with Crippen LogP contribution in [0.15, 0.2) is 36.8 Å². The Balaban J connectivity index is 2.17. The molecule has 0 unspecified atom stereocenters. The molecule has 0 aliphatic rings. The van der Waals surface area contributed by atoms with E-state index in [1.807, 2.05) is 6.20 Å². The molecule has 0 radical (unpaired) electrons. The summed E-state index contributed by atoms with van der Waals surface area (Å²) in [5.41, 5.74) is 0.513. The van der Waals surface area contributed by atoms with Gasteiger partial charge in [0, 0.05) is 18.6 Å². The van der Waals surface area contributed by atoms with E-state index in [9.17, 15) is 4.79 Å². The lowest BCUT2D eigenvalue weighted by Crippen LogP contribution is -2.13. The molecule has 0 N–H and O–H groups in total. The Morgan fingerprint density at radius 2 is 2.12 bits per heavy atom. The Bertz CT molecular complexity index is 493. The third-order valence-corrected chi connectivity index (χ3v) is 2.25. The number of carbonyl (C=O) groups is 1. The quantitative estimate of drug-likeness (QED) is 0.748. The molecule has 2 heterocycles. The molecule has 88 valence electrons. The maximum absolute atomic E-state index is 11.6. The van der Waals surface area contributed by atoms with Gasteiger partial charge in [0.05, 0.1) is 13.2 Å². The summed E-state index contributed by atoms with van der Waals surface area (Å²) in [7, 11) is 0. The van der Waals surface area contributed by atoms with Crippen LogP contribution in [-0.4, -0.2) is 27.1 Å². The molecule has 2 aromatic heterocycles. The summed E-state index contributed by atoms with van der Waals surface area (Å²) in [5, 5.41) is 0. The van der Waals surface area contributed by atoms with E-state index in [-0.39, 0.29) is 5.97 Å². The van der Waals surface area contributed by atoms with E-state index in [1.54, 1.807) is 42.1 Å². The van der Waals surface area contributed by atoms with Crippen molar-refractivity contribution < 1.29 is 9.53 Å². The van der Waals surface area contributed by atoms with E-state index in [0.717, 1.165) is 0 Å². The van der Waals surface area contributed by atoms with Gasteiger partial charge in [0.1, 0.15) is 11.5 Å². The maximum Gasteiger partial charge on any atom is 0.354 e. The van der Waals surface area contributed by atoms with Crippen LogP contribution < -0.4 is 0 Å². The van der Waals surface area contributed by atoms with E-state index in [0.29, 0.717) is 24.7 Å². The molecule has 2 rings (SSSR count). The second-order valence-electron chi connectivity index (χ2n) is 3.41. The van der Waals surface area contributed by atoms with Gasteiger partial charge < -0.3 is 9.30 Å². The number of esters is 1. The first-order chi connectivity index (χ1) is 8.31. The van der Waals surface area contributed by atoms with Crippen LogP contribution in [0.5, 0.6) is 0 Å². The van der Waals surface area contributed by atoms with Gasteiger partial charge in [-0.3, -0.25) is 0 Å². The van der Waals surface area contributed by atoms with E-state index < -0.39 is 0 Å². The van der Waals surface area contributed by atoms with Gasteiger partial charge >= 0.3 is 5.97 Å². The minimum absolute atomic E-state index is 0.326. The molecule has 0 amide bonds. The predicted octanol–water partition coefficient (Wildman–Crippen LogP) is 1.50. The summed E-state index contributed by atoms with van der Waals surface area (Å²) in [5.74, 6) is 0.336. The smallest absolute Gasteiger partial charge is 0.354 e. The third kappa shape index (κ3) is 2.69. The summed E-state index contributed by atoms with van der Waals surface area (Å²) >= 11 is 0. The standard InChI is InChI=1S/C12H13N3O2/c1-2-17-12(16)10-5-3-8-15(10)9-11-13-6-4-7-14-11/h3-8H,2,9H2,1H3. The van der Waals surface area contributed by atoms with Crippen LogP contribution in [0.1, 0.15) is 23.2 Å². The number of rotatable bonds is 4. The lowest BCUT2D eigenvalue weighted by Gasteiger charge is -2.07. The van der Waals surface area contributed by atoms with Crippen LogP contribution in [0, 0.1) is 0 Å². The fraction of sp³-hybridized carbons (Fsp3) is 0.250. The summed E-state index contributed by atoms with van der Waals surface area (Å²) in [6.07, 6.45) is 5.16. The molecule has 0 atom stereocenters. The number of carbonyl (C=O) groups excluding carboxylic acids is 1. The molecular weight excluding hydrogens is 218 g/mol. The van der Waals surface area contributed by atoms with Crippen molar-refractivity contribution in [3.63, 3.8) is 0 Å². The Hall–Kier alpha value is -2.17. The van der Waals surface area contributed by atoms with Gasteiger partial charge in [-0.25, -0.2) is 14.8 Å². The first-order valence-electron chi connectivity index (χ1n) is 5.39. The largest absolute Gasteiger partial charge is 0.461 e. The average Bonchev–Trinajstić information content (AvgIpc) is 2.79. The summed E-state index contributed by atoms with van der Waals surface area (Å²) in [4.78, 5) is 19.9. The van der Waals surface area contributed by atoms with E-state index >= 15 is 0 Å². The van der Waals surface area contributed by atoms with Crippen molar-refractivity contribution in [2.24, 2.45) is 0 Å². The number of ether oxygens (including phenoxy) is 1. The SMILES string of the molecule is CCOC(=O)c1cccn1Cc1ncccn1. The predicted molar refractivity (Wildman–Crippen MR) is 61.5 cm³/mol. The molecule has 0 bridgehead atoms. The number of hydrogen-bond donors (Lipinski definition) is 0. The van der Waals surface area contributed by atoms with Gasteiger partial charge in [-0.15, -0.1) is 0 Å². The normalized spacial score (nSPS) is 10.2. The summed E-state index contributed by atoms with van der Waals surface area (Å²) in [6, 6.07) is 5.28. The Labute approximate surface area is 99.1 Å². The lowest BCUT2D eigenvalue weighted by molar-refractivity contribution is 0.0514. The van der Waals surface area contributed by atoms with Gasteiger partial charge in [0.2, 0.25) is 0 Å². The van der Waals surface area contributed by atoms with Crippen molar-refractivity contribution in [2.45, 2.75) is 13.5 Å². The molecule has 0 aromatic carbocycles. The highest BCUT2D eigenvalue weighted by Crippen LogP contribution is 2.06. The zero-order chi connectivity index (χ0) is 12.1. The molecule has 0 aliphatic heterocycles. The molecular formula is C12H13N3O2. The lowest BCUT2D eigenvalue weighted by atomic mass is 10.4. The van der Waals surface area contributed by atoms with E-state index in [1.165, 1.54) is 0 Å². The van der Waals surface area contributed by atoms with Gasteiger partial charge in [0.25, 0.3) is 0 Å². The number of aromatic nitrogens is 3. The summed E-state index contributed by atoms with van der Waals surface area (Å²) in [6.45, 7) is 2.61. The average molecular weight is 231 g/mol.